The molecule has 22 heavy (non-hydrogen) atoms. The highest BCUT2D eigenvalue weighted by Gasteiger charge is 2.11. The summed E-state index contributed by atoms with van der Waals surface area (Å²) in [4.78, 5) is 34.0. The van der Waals surface area contributed by atoms with E-state index in [4.69, 9.17) is 11.6 Å². The van der Waals surface area contributed by atoms with Crippen LogP contribution < -0.4 is 10.6 Å². The summed E-state index contributed by atoms with van der Waals surface area (Å²) in [5.74, 6) is -0.625. The minimum Gasteiger partial charge on any atom is -0.325 e. The van der Waals surface area contributed by atoms with Gasteiger partial charge in [0.25, 0.3) is 5.91 Å². The first-order valence-electron chi connectivity index (χ1n) is 6.43. The molecular weight excluding hydrogens is 304 g/mol. The number of hydrogen-bond donors (Lipinski definition) is 2. The van der Waals surface area contributed by atoms with E-state index in [1.165, 1.54) is 6.92 Å². The largest absolute Gasteiger partial charge is 0.325 e. The highest BCUT2D eigenvalue weighted by atomic mass is 35.5. The zero-order valence-corrected chi connectivity index (χ0v) is 12.5. The first-order valence-corrected chi connectivity index (χ1v) is 6.81. The molecule has 0 saturated carbocycles. The van der Waals surface area contributed by atoms with E-state index < -0.39 is 0 Å². The Hall–Kier alpha value is -2.66. The fourth-order valence-electron chi connectivity index (χ4n) is 1.83. The first kappa shape index (κ1) is 15.7. The van der Waals surface area contributed by atoms with Gasteiger partial charge in [-0.25, -0.2) is 0 Å². The highest BCUT2D eigenvalue weighted by molar-refractivity contribution is 6.31. The number of benzene rings is 2. The second-order valence-electron chi connectivity index (χ2n) is 4.57. The highest BCUT2D eigenvalue weighted by Crippen LogP contribution is 2.26. The Balaban J connectivity index is 2.24. The van der Waals surface area contributed by atoms with Gasteiger partial charge >= 0.3 is 0 Å². The van der Waals surface area contributed by atoms with Crippen LogP contribution in [0.25, 0.3) is 0 Å². The third-order valence-electron chi connectivity index (χ3n) is 2.85. The van der Waals surface area contributed by atoms with Gasteiger partial charge < -0.3 is 10.6 Å². The van der Waals surface area contributed by atoms with E-state index in [1.807, 2.05) is 0 Å². The van der Waals surface area contributed by atoms with E-state index in [1.54, 1.807) is 42.5 Å². The number of aldehydes is 1. The van der Waals surface area contributed by atoms with E-state index in [0.29, 0.717) is 33.8 Å². The van der Waals surface area contributed by atoms with Crippen molar-refractivity contribution < 1.29 is 14.4 Å². The Morgan fingerprint density at radius 2 is 1.68 bits per heavy atom. The SMILES string of the molecule is CC(=O)Nc1ccc(Cl)cc1NC(=O)c1ccc(C=O)cc1. The quantitative estimate of drug-likeness (QED) is 0.849. The Morgan fingerprint density at radius 3 is 2.27 bits per heavy atom. The second kappa shape index (κ2) is 6.87. The minimum atomic E-state index is -0.369. The molecule has 2 N–H and O–H groups in total. The number of halogens is 1. The molecule has 0 aromatic heterocycles. The summed E-state index contributed by atoms with van der Waals surface area (Å²) in [6.07, 6.45) is 0.702. The van der Waals surface area contributed by atoms with Crippen LogP contribution in [-0.4, -0.2) is 18.1 Å². The number of anilines is 2. The van der Waals surface area contributed by atoms with E-state index in [2.05, 4.69) is 10.6 Å². The van der Waals surface area contributed by atoms with Crippen LogP contribution in [0.1, 0.15) is 27.6 Å². The first-order chi connectivity index (χ1) is 10.5. The Morgan fingerprint density at radius 1 is 1.00 bits per heavy atom. The van der Waals surface area contributed by atoms with Gasteiger partial charge in [-0.15, -0.1) is 0 Å². The van der Waals surface area contributed by atoms with Crippen molar-refractivity contribution in [2.24, 2.45) is 0 Å². The number of rotatable bonds is 4. The van der Waals surface area contributed by atoms with Crippen LogP contribution in [0.2, 0.25) is 5.02 Å². The minimum absolute atomic E-state index is 0.256. The van der Waals surface area contributed by atoms with Gasteiger partial charge in [0, 0.05) is 23.1 Å². The van der Waals surface area contributed by atoms with Gasteiger partial charge in [-0.3, -0.25) is 14.4 Å². The molecule has 0 unspecified atom stereocenters. The standard InChI is InChI=1S/C16H13ClN2O3/c1-10(21)18-14-7-6-13(17)8-15(14)19-16(22)12-4-2-11(9-20)3-5-12/h2-9H,1H3,(H,18,21)(H,19,22). The molecule has 0 radical (unpaired) electrons. The molecule has 0 aliphatic rings. The molecule has 2 rings (SSSR count). The van der Waals surface area contributed by atoms with Crippen LogP contribution in [0.15, 0.2) is 42.5 Å². The van der Waals surface area contributed by atoms with Gasteiger partial charge in [-0.2, -0.15) is 0 Å². The summed E-state index contributed by atoms with van der Waals surface area (Å²) >= 11 is 5.92. The molecule has 0 bridgehead atoms. The summed E-state index contributed by atoms with van der Waals surface area (Å²) in [7, 11) is 0. The number of carbonyl (C=O) groups is 3. The van der Waals surface area contributed by atoms with Crippen molar-refractivity contribution in [3.8, 4) is 0 Å². The molecule has 5 nitrogen and oxygen atoms in total. The molecule has 2 amide bonds. The van der Waals surface area contributed by atoms with Crippen LogP contribution in [-0.2, 0) is 4.79 Å². The molecule has 0 fully saturated rings. The van der Waals surface area contributed by atoms with E-state index in [0.717, 1.165) is 0 Å². The van der Waals surface area contributed by atoms with Crippen LogP contribution in [0.5, 0.6) is 0 Å². The average Bonchev–Trinajstić information content (AvgIpc) is 2.49. The predicted molar refractivity (Wildman–Crippen MR) is 85.5 cm³/mol. The molecular formula is C16H13ClN2O3. The fourth-order valence-corrected chi connectivity index (χ4v) is 2.00. The van der Waals surface area contributed by atoms with E-state index in [-0.39, 0.29) is 11.8 Å². The molecule has 0 aliphatic heterocycles. The van der Waals surface area contributed by atoms with Crippen molar-refractivity contribution in [1.29, 1.82) is 0 Å². The lowest BCUT2D eigenvalue weighted by Crippen LogP contribution is -2.15. The smallest absolute Gasteiger partial charge is 0.255 e. The summed E-state index contributed by atoms with van der Waals surface area (Å²) in [5.41, 5.74) is 1.72. The number of amides is 2. The summed E-state index contributed by atoms with van der Waals surface area (Å²) in [5, 5.41) is 5.73. The predicted octanol–water partition coefficient (Wildman–Crippen LogP) is 3.36. The molecule has 6 heteroatoms. The lowest BCUT2D eigenvalue weighted by molar-refractivity contribution is -0.114. The number of nitrogens with one attached hydrogen (secondary N) is 2. The van der Waals surface area contributed by atoms with Crippen LogP contribution >= 0.6 is 11.6 Å². The van der Waals surface area contributed by atoms with Gasteiger partial charge in [-0.05, 0) is 30.3 Å². The topological polar surface area (TPSA) is 75.3 Å². The molecule has 0 heterocycles. The summed E-state index contributed by atoms with van der Waals surface area (Å²) in [6, 6.07) is 11.0. The Bertz CT molecular complexity index is 727. The van der Waals surface area contributed by atoms with Crippen molar-refractivity contribution in [2.75, 3.05) is 10.6 Å². The van der Waals surface area contributed by atoms with E-state index in [9.17, 15) is 14.4 Å². The number of carbonyl (C=O) groups excluding carboxylic acids is 3. The average molecular weight is 317 g/mol. The Labute approximate surface area is 132 Å². The molecule has 2 aromatic carbocycles. The molecule has 0 saturated heterocycles. The maximum Gasteiger partial charge on any atom is 0.255 e. The Kier molecular flexibility index (Phi) is 4.91. The third kappa shape index (κ3) is 3.93. The molecule has 2 aromatic rings. The third-order valence-corrected chi connectivity index (χ3v) is 3.08. The maximum absolute atomic E-state index is 12.2. The lowest BCUT2D eigenvalue weighted by atomic mass is 10.1. The van der Waals surface area contributed by atoms with Crippen molar-refractivity contribution >= 4 is 41.1 Å². The normalized spacial score (nSPS) is 9.91. The zero-order valence-electron chi connectivity index (χ0n) is 11.7. The second-order valence-corrected chi connectivity index (χ2v) is 5.00. The number of hydrogen-bond acceptors (Lipinski definition) is 3. The van der Waals surface area contributed by atoms with E-state index >= 15 is 0 Å². The van der Waals surface area contributed by atoms with Crippen LogP contribution in [0.3, 0.4) is 0 Å². The van der Waals surface area contributed by atoms with Gasteiger partial charge in [-0.1, -0.05) is 23.7 Å². The van der Waals surface area contributed by atoms with Gasteiger partial charge in [0.15, 0.2) is 0 Å². The van der Waals surface area contributed by atoms with Crippen molar-refractivity contribution in [1.82, 2.24) is 0 Å². The van der Waals surface area contributed by atoms with Crippen LogP contribution in [0.4, 0.5) is 11.4 Å². The van der Waals surface area contributed by atoms with Crippen molar-refractivity contribution in [3.63, 3.8) is 0 Å². The van der Waals surface area contributed by atoms with Gasteiger partial charge in [0.05, 0.1) is 11.4 Å². The molecule has 0 atom stereocenters. The summed E-state index contributed by atoms with van der Waals surface area (Å²) < 4.78 is 0. The lowest BCUT2D eigenvalue weighted by Gasteiger charge is -2.12. The molecule has 112 valence electrons. The zero-order chi connectivity index (χ0) is 16.1. The molecule has 0 aliphatic carbocycles. The van der Waals surface area contributed by atoms with Gasteiger partial charge in [0.2, 0.25) is 5.91 Å². The maximum atomic E-state index is 12.2. The molecule has 0 spiro atoms. The van der Waals surface area contributed by atoms with Crippen LogP contribution in [0, 0.1) is 0 Å². The van der Waals surface area contributed by atoms with Crippen molar-refractivity contribution in [2.45, 2.75) is 6.92 Å². The summed E-state index contributed by atoms with van der Waals surface area (Å²) in [6.45, 7) is 1.37. The monoisotopic (exact) mass is 316 g/mol. The fraction of sp³-hybridized carbons (Fsp3) is 0.0625. The van der Waals surface area contributed by atoms with Gasteiger partial charge in [0.1, 0.15) is 6.29 Å². The van der Waals surface area contributed by atoms with Crippen molar-refractivity contribution in [3.05, 3.63) is 58.6 Å².